The average Bonchev–Trinajstić information content (AvgIpc) is 2.70. The number of allylic oxidation sites excluding steroid dienone is 1. The van der Waals surface area contributed by atoms with Gasteiger partial charge in [-0.3, -0.25) is 4.79 Å². The first-order chi connectivity index (χ1) is 12.3. The Labute approximate surface area is 147 Å². The van der Waals surface area contributed by atoms with Crippen LogP contribution in [0.4, 0.5) is 5.69 Å². The number of nitrogens with one attached hydrogen (secondary N) is 1. The molecule has 0 aliphatic carbocycles. The van der Waals surface area contributed by atoms with Crippen molar-refractivity contribution >= 4 is 17.0 Å². The molecule has 0 bridgehead atoms. The summed E-state index contributed by atoms with van der Waals surface area (Å²) in [7, 11) is 1.63. The zero-order chi connectivity index (χ0) is 17.5. The molecule has 0 saturated carbocycles. The maximum absolute atomic E-state index is 12.9. The molecular formula is C22H19NO2. The first-order valence-electron chi connectivity index (χ1n) is 8.04. The molecule has 0 aliphatic rings. The zero-order valence-corrected chi connectivity index (χ0v) is 14.0. The van der Waals surface area contributed by atoms with Gasteiger partial charge in [-0.25, -0.2) is 0 Å². The van der Waals surface area contributed by atoms with Gasteiger partial charge in [0.05, 0.1) is 7.11 Å². The lowest BCUT2D eigenvalue weighted by Gasteiger charge is -2.09. The van der Waals surface area contributed by atoms with Crippen LogP contribution >= 0.6 is 0 Å². The number of benzene rings is 3. The maximum atomic E-state index is 12.9. The second-order valence-electron chi connectivity index (χ2n) is 5.49. The second kappa shape index (κ2) is 7.97. The lowest BCUT2D eigenvalue weighted by atomic mass is 9.97. The van der Waals surface area contributed by atoms with Crippen LogP contribution in [0.2, 0.25) is 0 Å². The fraction of sp³-hybridized carbons (Fsp3) is 0.0455. The van der Waals surface area contributed by atoms with E-state index < -0.39 is 0 Å². The molecule has 0 heterocycles. The van der Waals surface area contributed by atoms with Crippen molar-refractivity contribution < 1.29 is 9.53 Å². The number of carbonyl (C=O) groups excluding carboxylic acids is 1. The molecule has 124 valence electrons. The number of hydrogen-bond acceptors (Lipinski definition) is 3. The fourth-order valence-electron chi connectivity index (χ4n) is 2.49. The van der Waals surface area contributed by atoms with Crippen LogP contribution < -0.4 is 10.1 Å². The highest BCUT2D eigenvalue weighted by atomic mass is 16.5. The molecular weight excluding hydrogens is 310 g/mol. The second-order valence-corrected chi connectivity index (χ2v) is 5.49. The number of ether oxygens (including phenoxy) is 1. The number of ketones is 1. The number of anilines is 1. The van der Waals surface area contributed by atoms with Crippen molar-refractivity contribution in [1.82, 2.24) is 0 Å². The van der Waals surface area contributed by atoms with Crippen LogP contribution in [0.3, 0.4) is 0 Å². The van der Waals surface area contributed by atoms with Crippen LogP contribution in [0.15, 0.2) is 91.1 Å². The van der Waals surface area contributed by atoms with Crippen LogP contribution in [0, 0.1) is 0 Å². The van der Waals surface area contributed by atoms with Gasteiger partial charge in [-0.15, -0.1) is 0 Å². The van der Waals surface area contributed by atoms with Crippen molar-refractivity contribution in [2.45, 2.75) is 0 Å². The molecule has 0 spiro atoms. The van der Waals surface area contributed by atoms with E-state index in [1.165, 1.54) is 0 Å². The maximum Gasteiger partial charge on any atom is 0.195 e. The summed E-state index contributed by atoms with van der Waals surface area (Å²) in [6.07, 6.45) is 1.76. The van der Waals surface area contributed by atoms with E-state index in [0.717, 1.165) is 17.0 Å². The normalized spacial score (nSPS) is 11.0. The summed E-state index contributed by atoms with van der Waals surface area (Å²) in [6.45, 7) is 0. The Morgan fingerprint density at radius 3 is 1.92 bits per heavy atom. The molecule has 0 fully saturated rings. The highest BCUT2D eigenvalue weighted by Crippen LogP contribution is 2.21. The summed E-state index contributed by atoms with van der Waals surface area (Å²) < 4.78 is 5.16. The average molecular weight is 329 g/mol. The molecule has 0 atom stereocenters. The molecule has 3 nitrogen and oxygen atoms in total. The van der Waals surface area contributed by atoms with E-state index in [9.17, 15) is 4.79 Å². The van der Waals surface area contributed by atoms with Crippen molar-refractivity contribution in [3.05, 3.63) is 102 Å². The molecule has 3 heteroatoms. The van der Waals surface area contributed by atoms with Gasteiger partial charge >= 0.3 is 0 Å². The van der Waals surface area contributed by atoms with E-state index in [4.69, 9.17) is 4.74 Å². The van der Waals surface area contributed by atoms with E-state index in [1.807, 2.05) is 84.9 Å². The van der Waals surface area contributed by atoms with E-state index >= 15 is 0 Å². The summed E-state index contributed by atoms with van der Waals surface area (Å²) in [5.41, 5.74) is 3.03. The van der Waals surface area contributed by atoms with Crippen LogP contribution in [-0.4, -0.2) is 12.9 Å². The molecule has 0 aromatic heterocycles. The smallest absolute Gasteiger partial charge is 0.195 e. The van der Waals surface area contributed by atoms with E-state index in [0.29, 0.717) is 11.1 Å². The highest BCUT2D eigenvalue weighted by Gasteiger charge is 2.13. The number of Topliss-reactive ketones (excluding diaryl/α,β-unsaturated/α-hetero) is 1. The molecule has 3 aromatic carbocycles. The number of methoxy groups -OCH3 is 1. The molecule has 3 rings (SSSR count). The summed E-state index contributed by atoms with van der Waals surface area (Å²) in [4.78, 5) is 12.9. The molecule has 0 amide bonds. The van der Waals surface area contributed by atoms with Crippen LogP contribution in [-0.2, 0) is 0 Å². The van der Waals surface area contributed by atoms with E-state index in [-0.39, 0.29) is 5.78 Å². The van der Waals surface area contributed by atoms with Crippen molar-refractivity contribution in [2.24, 2.45) is 0 Å². The van der Waals surface area contributed by atoms with E-state index in [1.54, 1.807) is 13.3 Å². The molecule has 1 N–H and O–H groups in total. The van der Waals surface area contributed by atoms with E-state index in [2.05, 4.69) is 5.32 Å². The molecule has 0 unspecified atom stereocenters. The standard InChI is InChI=1S/C22H19NO2/c1-25-20-14-12-19(13-15-20)23-16-21(17-8-4-2-5-9-17)22(24)18-10-6-3-7-11-18/h2-16,23H,1H3. The quantitative estimate of drug-likeness (QED) is 0.509. The Morgan fingerprint density at radius 2 is 1.36 bits per heavy atom. The van der Waals surface area contributed by atoms with Gasteiger partial charge in [-0.1, -0.05) is 60.7 Å². The summed E-state index contributed by atoms with van der Waals surface area (Å²) >= 11 is 0. The predicted molar refractivity (Wildman–Crippen MR) is 102 cm³/mol. The zero-order valence-electron chi connectivity index (χ0n) is 14.0. The third kappa shape index (κ3) is 4.15. The largest absolute Gasteiger partial charge is 0.497 e. The topological polar surface area (TPSA) is 38.3 Å². The van der Waals surface area contributed by atoms with Gasteiger partial charge in [-0.2, -0.15) is 0 Å². The fourth-order valence-corrected chi connectivity index (χ4v) is 2.49. The Balaban J connectivity index is 1.92. The van der Waals surface area contributed by atoms with Gasteiger partial charge in [0.1, 0.15) is 5.75 Å². The van der Waals surface area contributed by atoms with Gasteiger partial charge in [0.2, 0.25) is 0 Å². The Bertz CT molecular complexity index is 854. The van der Waals surface area contributed by atoms with Crippen molar-refractivity contribution in [2.75, 3.05) is 12.4 Å². The Hall–Kier alpha value is -3.33. The summed E-state index contributed by atoms with van der Waals surface area (Å²) in [6, 6.07) is 26.5. The molecule has 0 radical (unpaired) electrons. The predicted octanol–water partition coefficient (Wildman–Crippen LogP) is 5.03. The van der Waals surface area contributed by atoms with Crippen LogP contribution in [0.5, 0.6) is 5.75 Å². The molecule has 3 aromatic rings. The lowest BCUT2D eigenvalue weighted by molar-refractivity contribution is 0.105. The van der Waals surface area contributed by atoms with Crippen molar-refractivity contribution in [1.29, 1.82) is 0 Å². The number of hydrogen-bond donors (Lipinski definition) is 1. The van der Waals surface area contributed by atoms with Gasteiger partial charge in [0.25, 0.3) is 0 Å². The van der Waals surface area contributed by atoms with Gasteiger partial charge < -0.3 is 10.1 Å². The van der Waals surface area contributed by atoms with Crippen molar-refractivity contribution in [3.63, 3.8) is 0 Å². The molecule has 25 heavy (non-hydrogen) atoms. The third-order valence-corrected chi connectivity index (χ3v) is 3.84. The SMILES string of the molecule is COc1ccc(NC=C(C(=O)c2ccccc2)c2ccccc2)cc1. The van der Waals surface area contributed by atoms with Crippen molar-refractivity contribution in [3.8, 4) is 5.75 Å². The molecule has 0 aliphatic heterocycles. The van der Waals surface area contributed by atoms with Gasteiger partial charge in [-0.05, 0) is 29.8 Å². The highest BCUT2D eigenvalue weighted by molar-refractivity contribution is 6.29. The van der Waals surface area contributed by atoms with Crippen LogP contribution in [0.25, 0.3) is 5.57 Å². The number of rotatable bonds is 6. The first-order valence-corrected chi connectivity index (χ1v) is 8.04. The molecule has 0 saturated heterocycles. The Kier molecular flexibility index (Phi) is 5.27. The summed E-state index contributed by atoms with van der Waals surface area (Å²) in [5, 5.41) is 3.21. The van der Waals surface area contributed by atoms with Gasteiger partial charge in [0.15, 0.2) is 5.78 Å². The van der Waals surface area contributed by atoms with Crippen LogP contribution in [0.1, 0.15) is 15.9 Å². The van der Waals surface area contributed by atoms with Gasteiger partial charge in [0, 0.05) is 23.0 Å². The third-order valence-electron chi connectivity index (χ3n) is 3.84. The minimum Gasteiger partial charge on any atom is -0.497 e. The number of carbonyl (C=O) groups is 1. The summed E-state index contributed by atoms with van der Waals surface area (Å²) in [5.74, 6) is 0.769. The monoisotopic (exact) mass is 329 g/mol. The minimum absolute atomic E-state index is 0.0205. The lowest BCUT2D eigenvalue weighted by Crippen LogP contribution is -2.05. The first kappa shape index (κ1) is 16.5. The Morgan fingerprint density at radius 1 is 0.800 bits per heavy atom. The minimum atomic E-state index is -0.0205.